The number of benzene rings is 2. The highest BCUT2D eigenvalue weighted by atomic mass is 32.2. The van der Waals surface area contributed by atoms with Gasteiger partial charge in [-0.25, -0.2) is 8.42 Å². The highest BCUT2D eigenvalue weighted by Crippen LogP contribution is 2.25. The minimum absolute atomic E-state index is 0.0146. The molecule has 3 rings (SSSR count). The fourth-order valence-electron chi connectivity index (χ4n) is 3.77. The Morgan fingerprint density at radius 2 is 1.80 bits per heavy atom. The minimum atomic E-state index is -3.51. The molecular weight excluding hydrogens is 398 g/mol. The first-order valence-electron chi connectivity index (χ1n) is 10.6. The number of nitrogens with one attached hydrogen (secondary N) is 1. The highest BCUT2D eigenvalue weighted by molar-refractivity contribution is 7.89. The molecule has 0 saturated carbocycles. The minimum Gasteiger partial charge on any atom is -0.375 e. The Balaban J connectivity index is 1.51. The van der Waals surface area contributed by atoms with Crippen LogP contribution < -0.4 is 10.2 Å². The maximum atomic E-state index is 12.9. The van der Waals surface area contributed by atoms with Crippen LogP contribution in [0, 0.1) is 0 Å². The van der Waals surface area contributed by atoms with Gasteiger partial charge in [-0.15, -0.1) is 0 Å². The third-order valence-corrected chi connectivity index (χ3v) is 7.65. The van der Waals surface area contributed by atoms with Crippen molar-refractivity contribution in [3.63, 3.8) is 0 Å². The van der Waals surface area contributed by atoms with Gasteiger partial charge >= 0.3 is 0 Å². The fraction of sp³-hybridized carbons (Fsp3) is 0.435. The second-order valence-corrected chi connectivity index (χ2v) is 9.74. The number of piperidine rings is 1. The molecule has 1 atom stereocenters. The summed E-state index contributed by atoms with van der Waals surface area (Å²) in [7, 11) is -1.49. The van der Waals surface area contributed by atoms with E-state index in [4.69, 9.17) is 0 Å². The topological polar surface area (TPSA) is 69.7 Å². The zero-order valence-corrected chi connectivity index (χ0v) is 18.6. The van der Waals surface area contributed by atoms with E-state index in [0.717, 1.165) is 37.9 Å². The maximum absolute atomic E-state index is 12.9. The molecule has 162 valence electrons. The molecule has 6 nitrogen and oxygen atoms in total. The van der Waals surface area contributed by atoms with Gasteiger partial charge in [0.25, 0.3) is 5.91 Å². The molecule has 1 amide bonds. The Bertz CT molecular complexity index is 930. The number of hydrogen-bond acceptors (Lipinski definition) is 4. The van der Waals surface area contributed by atoms with E-state index >= 15 is 0 Å². The van der Waals surface area contributed by atoms with Crippen molar-refractivity contribution in [1.29, 1.82) is 0 Å². The van der Waals surface area contributed by atoms with Crippen molar-refractivity contribution in [1.82, 2.24) is 9.62 Å². The Hall–Kier alpha value is -2.38. The molecule has 0 aromatic heterocycles. The summed E-state index contributed by atoms with van der Waals surface area (Å²) < 4.78 is 27.4. The van der Waals surface area contributed by atoms with Crippen LogP contribution in [-0.2, 0) is 10.0 Å². The Morgan fingerprint density at radius 3 is 2.47 bits per heavy atom. The summed E-state index contributed by atoms with van der Waals surface area (Å²) in [6.07, 6.45) is 3.66. The molecule has 30 heavy (non-hydrogen) atoms. The van der Waals surface area contributed by atoms with Gasteiger partial charge in [0.05, 0.1) is 4.90 Å². The number of hydrogen-bond donors (Lipinski definition) is 1. The molecule has 7 heteroatoms. The Labute approximate surface area is 179 Å². The van der Waals surface area contributed by atoms with Crippen molar-refractivity contribution in [2.45, 2.75) is 43.5 Å². The SMILES string of the molecule is CC1CCCCN1S(=O)(=O)c1ccc(C(=O)NCCCN(C)c2ccccc2)cc1. The predicted molar refractivity (Wildman–Crippen MR) is 120 cm³/mol. The van der Waals surface area contributed by atoms with Crippen LogP contribution in [0.25, 0.3) is 0 Å². The van der Waals surface area contributed by atoms with Crippen LogP contribution in [0.1, 0.15) is 43.0 Å². The molecule has 0 radical (unpaired) electrons. The van der Waals surface area contributed by atoms with Crippen molar-refractivity contribution >= 4 is 21.6 Å². The van der Waals surface area contributed by atoms with Crippen LogP contribution in [-0.4, -0.2) is 51.4 Å². The summed E-state index contributed by atoms with van der Waals surface area (Å²) >= 11 is 0. The Morgan fingerprint density at radius 1 is 1.10 bits per heavy atom. The van der Waals surface area contributed by atoms with E-state index < -0.39 is 10.0 Å². The van der Waals surface area contributed by atoms with Crippen molar-refractivity contribution < 1.29 is 13.2 Å². The third kappa shape index (κ3) is 5.40. The summed E-state index contributed by atoms with van der Waals surface area (Å²) in [4.78, 5) is 14.8. The van der Waals surface area contributed by atoms with E-state index in [1.807, 2.05) is 32.2 Å². The molecule has 1 aliphatic heterocycles. The first-order chi connectivity index (χ1) is 14.4. The number of rotatable bonds is 8. The van der Waals surface area contributed by atoms with Gasteiger partial charge in [0.15, 0.2) is 0 Å². The molecule has 1 saturated heterocycles. The lowest BCUT2D eigenvalue weighted by atomic mass is 10.1. The first-order valence-corrected chi connectivity index (χ1v) is 12.0. The van der Waals surface area contributed by atoms with Gasteiger partial charge in [-0.3, -0.25) is 4.79 Å². The maximum Gasteiger partial charge on any atom is 0.251 e. The van der Waals surface area contributed by atoms with Gasteiger partial charge in [0.1, 0.15) is 0 Å². The lowest BCUT2D eigenvalue weighted by Gasteiger charge is -2.32. The largest absolute Gasteiger partial charge is 0.375 e. The van der Waals surface area contributed by atoms with E-state index in [-0.39, 0.29) is 16.8 Å². The molecular formula is C23H31N3O3S. The van der Waals surface area contributed by atoms with E-state index in [9.17, 15) is 13.2 Å². The van der Waals surface area contributed by atoms with Crippen LogP contribution in [0.5, 0.6) is 0 Å². The van der Waals surface area contributed by atoms with Gasteiger partial charge < -0.3 is 10.2 Å². The van der Waals surface area contributed by atoms with Crippen LogP contribution in [0.15, 0.2) is 59.5 Å². The van der Waals surface area contributed by atoms with Crippen molar-refractivity contribution in [2.75, 3.05) is 31.6 Å². The molecule has 1 aliphatic rings. The number of amides is 1. The number of anilines is 1. The lowest BCUT2D eigenvalue weighted by molar-refractivity contribution is 0.0953. The monoisotopic (exact) mass is 429 g/mol. The van der Waals surface area contributed by atoms with Crippen LogP contribution >= 0.6 is 0 Å². The van der Waals surface area contributed by atoms with Gasteiger partial charge in [-0.2, -0.15) is 4.31 Å². The number of para-hydroxylation sites is 1. The molecule has 1 heterocycles. The zero-order valence-electron chi connectivity index (χ0n) is 17.8. The quantitative estimate of drug-likeness (QED) is 0.652. The number of sulfonamides is 1. The smallest absolute Gasteiger partial charge is 0.251 e. The summed E-state index contributed by atoms with van der Waals surface area (Å²) in [5.74, 6) is -0.187. The molecule has 1 unspecified atom stereocenters. The molecule has 0 bridgehead atoms. The zero-order chi connectivity index (χ0) is 21.6. The van der Waals surface area contributed by atoms with E-state index in [0.29, 0.717) is 18.7 Å². The Kier molecular flexibility index (Phi) is 7.50. The summed E-state index contributed by atoms with van der Waals surface area (Å²) in [6, 6.07) is 16.4. The van der Waals surface area contributed by atoms with Gasteiger partial charge in [0.2, 0.25) is 10.0 Å². The molecule has 0 spiro atoms. The normalized spacial score (nSPS) is 17.5. The molecule has 2 aromatic rings. The van der Waals surface area contributed by atoms with Crippen molar-refractivity contribution in [3.05, 3.63) is 60.2 Å². The number of carbonyl (C=O) groups excluding carboxylic acids is 1. The van der Waals surface area contributed by atoms with Gasteiger partial charge in [-0.05, 0) is 62.6 Å². The lowest BCUT2D eigenvalue weighted by Crippen LogP contribution is -2.41. The summed E-state index contributed by atoms with van der Waals surface area (Å²) in [6.45, 7) is 3.90. The van der Waals surface area contributed by atoms with Gasteiger partial charge in [-0.1, -0.05) is 24.6 Å². The second-order valence-electron chi connectivity index (χ2n) is 7.85. The standard InChI is InChI=1S/C23H31N3O3S/c1-19-9-6-7-18-26(19)30(28,29)22-14-12-20(13-15-22)23(27)24-16-8-17-25(2)21-10-4-3-5-11-21/h3-5,10-15,19H,6-9,16-18H2,1-2H3,(H,24,27). The van der Waals surface area contributed by atoms with E-state index in [1.165, 1.54) is 12.1 Å². The molecule has 0 aliphatic carbocycles. The molecule has 1 N–H and O–H groups in total. The van der Waals surface area contributed by atoms with Crippen molar-refractivity contribution in [2.24, 2.45) is 0 Å². The second kappa shape index (κ2) is 10.1. The summed E-state index contributed by atoms with van der Waals surface area (Å²) in [5.41, 5.74) is 1.61. The van der Waals surface area contributed by atoms with Gasteiger partial charge in [0, 0.05) is 44.0 Å². The number of carbonyl (C=O) groups is 1. The molecule has 1 fully saturated rings. The average molecular weight is 430 g/mol. The van der Waals surface area contributed by atoms with Crippen molar-refractivity contribution in [3.8, 4) is 0 Å². The van der Waals surface area contributed by atoms with Crippen LogP contribution in [0.3, 0.4) is 0 Å². The average Bonchev–Trinajstić information content (AvgIpc) is 2.77. The third-order valence-electron chi connectivity index (χ3n) is 5.62. The highest BCUT2D eigenvalue weighted by Gasteiger charge is 2.30. The van der Waals surface area contributed by atoms with E-state index in [2.05, 4.69) is 22.3 Å². The summed E-state index contributed by atoms with van der Waals surface area (Å²) in [5, 5.41) is 2.91. The molecule has 2 aromatic carbocycles. The van der Waals surface area contributed by atoms with Crippen LogP contribution in [0.4, 0.5) is 5.69 Å². The van der Waals surface area contributed by atoms with E-state index in [1.54, 1.807) is 16.4 Å². The number of nitrogens with zero attached hydrogens (tertiary/aromatic N) is 2. The first kappa shape index (κ1) is 22.3. The van der Waals surface area contributed by atoms with Crippen LogP contribution in [0.2, 0.25) is 0 Å². The predicted octanol–water partition coefficient (Wildman–Crippen LogP) is 3.51. The fourth-order valence-corrected chi connectivity index (χ4v) is 5.47.